The molecular formula is C25H26N2O5S. The summed E-state index contributed by atoms with van der Waals surface area (Å²) < 4.78 is 39.0. The van der Waals surface area contributed by atoms with E-state index in [9.17, 15) is 13.2 Å². The highest BCUT2D eigenvalue weighted by atomic mass is 32.2. The number of sulfonamides is 1. The molecule has 1 fully saturated rings. The molecule has 3 aromatic carbocycles. The third kappa shape index (κ3) is 5.24. The normalized spacial score (nSPS) is 14.6. The summed E-state index contributed by atoms with van der Waals surface area (Å²) in [5, 5.41) is 2.84. The zero-order valence-corrected chi connectivity index (χ0v) is 19.4. The lowest BCUT2D eigenvalue weighted by atomic mass is 10.1. The minimum atomic E-state index is -3.74. The Morgan fingerprint density at radius 2 is 1.67 bits per heavy atom. The number of para-hydroxylation sites is 1. The van der Waals surface area contributed by atoms with Crippen LogP contribution >= 0.6 is 0 Å². The molecule has 0 spiro atoms. The molecule has 1 saturated heterocycles. The molecule has 4 rings (SSSR count). The third-order valence-corrected chi connectivity index (χ3v) is 7.44. The van der Waals surface area contributed by atoms with Gasteiger partial charge in [-0.1, -0.05) is 24.3 Å². The molecule has 3 aromatic rings. The first-order valence-corrected chi connectivity index (χ1v) is 12.1. The van der Waals surface area contributed by atoms with Gasteiger partial charge in [-0.25, -0.2) is 8.42 Å². The number of nitrogens with one attached hydrogen (secondary N) is 1. The Kier molecular flexibility index (Phi) is 6.78. The first-order valence-electron chi connectivity index (χ1n) is 10.7. The van der Waals surface area contributed by atoms with Gasteiger partial charge in [-0.15, -0.1) is 0 Å². The van der Waals surface area contributed by atoms with E-state index in [1.807, 2.05) is 38.1 Å². The van der Waals surface area contributed by atoms with E-state index in [0.717, 1.165) is 11.1 Å². The first kappa shape index (κ1) is 23.0. The van der Waals surface area contributed by atoms with Crippen LogP contribution in [-0.4, -0.2) is 44.9 Å². The molecule has 0 atom stereocenters. The number of carbonyl (C=O) groups is 1. The number of anilines is 1. The van der Waals surface area contributed by atoms with Gasteiger partial charge in [-0.3, -0.25) is 4.79 Å². The standard InChI is InChI=1S/C25H26N2O5S/c1-18-8-9-20(16-19(18)2)25(28)26-23-17-22(33(29,30)27-12-14-31-15-13-27)10-11-24(23)32-21-6-4-3-5-7-21/h3-11,16-17H,12-15H2,1-2H3,(H,26,28). The number of hydrogen-bond donors (Lipinski definition) is 1. The van der Waals surface area contributed by atoms with Crippen molar-refractivity contribution in [2.75, 3.05) is 31.6 Å². The number of carbonyl (C=O) groups excluding carboxylic acids is 1. The maximum atomic E-state index is 13.2. The summed E-state index contributed by atoms with van der Waals surface area (Å²) in [6.07, 6.45) is 0. The molecule has 1 aliphatic heterocycles. The second kappa shape index (κ2) is 9.74. The molecule has 0 aliphatic carbocycles. The number of nitrogens with zero attached hydrogens (tertiary/aromatic N) is 1. The average Bonchev–Trinajstić information content (AvgIpc) is 2.83. The SMILES string of the molecule is Cc1ccc(C(=O)Nc2cc(S(=O)(=O)N3CCOCC3)ccc2Oc2ccccc2)cc1C. The van der Waals surface area contributed by atoms with Crippen molar-refractivity contribution in [2.24, 2.45) is 0 Å². The van der Waals surface area contributed by atoms with Crippen LogP contribution in [0.15, 0.2) is 71.6 Å². The van der Waals surface area contributed by atoms with Gasteiger partial charge in [0.05, 0.1) is 23.8 Å². The van der Waals surface area contributed by atoms with E-state index in [0.29, 0.717) is 30.3 Å². The zero-order valence-electron chi connectivity index (χ0n) is 18.6. The predicted molar refractivity (Wildman–Crippen MR) is 126 cm³/mol. The molecule has 1 amide bonds. The van der Waals surface area contributed by atoms with Crippen molar-refractivity contribution >= 4 is 21.6 Å². The highest BCUT2D eigenvalue weighted by Crippen LogP contribution is 2.33. The largest absolute Gasteiger partial charge is 0.455 e. The summed E-state index contributed by atoms with van der Waals surface area (Å²) in [6, 6.07) is 19.0. The van der Waals surface area contributed by atoms with E-state index < -0.39 is 10.0 Å². The third-order valence-electron chi connectivity index (χ3n) is 5.55. The maximum Gasteiger partial charge on any atom is 0.255 e. The molecule has 1 aliphatic rings. The molecular weight excluding hydrogens is 440 g/mol. The lowest BCUT2D eigenvalue weighted by molar-refractivity contribution is 0.0730. The number of amides is 1. The number of ether oxygens (including phenoxy) is 2. The molecule has 0 aromatic heterocycles. The van der Waals surface area contributed by atoms with Crippen LogP contribution in [0.1, 0.15) is 21.5 Å². The molecule has 0 radical (unpaired) electrons. The van der Waals surface area contributed by atoms with E-state index in [1.165, 1.54) is 16.4 Å². The molecule has 172 valence electrons. The van der Waals surface area contributed by atoms with Crippen LogP contribution in [-0.2, 0) is 14.8 Å². The summed E-state index contributed by atoms with van der Waals surface area (Å²) in [6.45, 7) is 5.19. The lowest BCUT2D eigenvalue weighted by Gasteiger charge is -2.26. The fraction of sp³-hybridized carbons (Fsp3) is 0.240. The van der Waals surface area contributed by atoms with E-state index in [-0.39, 0.29) is 29.6 Å². The predicted octanol–water partition coefficient (Wildman–Crippen LogP) is 4.37. The van der Waals surface area contributed by atoms with Gasteiger partial charge in [-0.05, 0) is 67.4 Å². The Balaban J connectivity index is 1.69. The second-order valence-electron chi connectivity index (χ2n) is 7.84. The Morgan fingerprint density at radius 3 is 2.36 bits per heavy atom. The monoisotopic (exact) mass is 466 g/mol. The Morgan fingerprint density at radius 1 is 0.939 bits per heavy atom. The van der Waals surface area contributed by atoms with Crippen LogP contribution < -0.4 is 10.1 Å². The minimum absolute atomic E-state index is 0.0835. The van der Waals surface area contributed by atoms with Crippen molar-refractivity contribution in [2.45, 2.75) is 18.7 Å². The van der Waals surface area contributed by atoms with Crippen LogP contribution in [0, 0.1) is 13.8 Å². The number of hydrogen-bond acceptors (Lipinski definition) is 5. The highest BCUT2D eigenvalue weighted by molar-refractivity contribution is 7.89. The van der Waals surface area contributed by atoms with Gasteiger partial charge in [0, 0.05) is 18.7 Å². The summed E-state index contributed by atoms with van der Waals surface area (Å²) in [4.78, 5) is 13.1. The maximum absolute atomic E-state index is 13.2. The highest BCUT2D eigenvalue weighted by Gasteiger charge is 2.27. The average molecular weight is 467 g/mol. The van der Waals surface area contributed by atoms with E-state index >= 15 is 0 Å². The van der Waals surface area contributed by atoms with E-state index in [1.54, 1.807) is 30.3 Å². The molecule has 1 N–H and O–H groups in total. The number of rotatable bonds is 6. The quantitative estimate of drug-likeness (QED) is 0.583. The Labute approximate surface area is 194 Å². The van der Waals surface area contributed by atoms with Gasteiger partial charge in [0.25, 0.3) is 5.91 Å². The van der Waals surface area contributed by atoms with Crippen LogP contribution in [0.4, 0.5) is 5.69 Å². The minimum Gasteiger partial charge on any atom is -0.455 e. The van der Waals surface area contributed by atoms with Crippen molar-refractivity contribution in [3.8, 4) is 11.5 Å². The zero-order chi connectivity index (χ0) is 23.4. The molecule has 8 heteroatoms. The van der Waals surface area contributed by atoms with Gasteiger partial charge in [-0.2, -0.15) is 4.31 Å². The van der Waals surface area contributed by atoms with Gasteiger partial charge in [0.1, 0.15) is 5.75 Å². The van der Waals surface area contributed by atoms with Crippen molar-refractivity contribution in [1.82, 2.24) is 4.31 Å². The second-order valence-corrected chi connectivity index (χ2v) is 9.78. The van der Waals surface area contributed by atoms with Crippen LogP contribution in [0.25, 0.3) is 0 Å². The first-order chi connectivity index (χ1) is 15.8. The lowest BCUT2D eigenvalue weighted by Crippen LogP contribution is -2.40. The van der Waals surface area contributed by atoms with Crippen LogP contribution in [0.3, 0.4) is 0 Å². The fourth-order valence-electron chi connectivity index (χ4n) is 3.48. The smallest absolute Gasteiger partial charge is 0.255 e. The van der Waals surface area contributed by atoms with Crippen molar-refractivity contribution in [3.63, 3.8) is 0 Å². The summed E-state index contributed by atoms with van der Waals surface area (Å²) in [5.74, 6) is 0.569. The van der Waals surface area contributed by atoms with Crippen molar-refractivity contribution in [3.05, 3.63) is 83.4 Å². The molecule has 33 heavy (non-hydrogen) atoms. The molecule has 1 heterocycles. The Hall–Kier alpha value is -3.20. The number of aryl methyl sites for hydroxylation is 2. The van der Waals surface area contributed by atoms with Crippen LogP contribution in [0.2, 0.25) is 0 Å². The van der Waals surface area contributed by atoms with Gasteiger partial charge in [0.2, 0.25) is 10.0 Å². The molecule has 0 unspecified atom stereocenters. The van der Waals surface area contributed by atoms with E-state index in [2.05, 4.69) is 5.32 Å². The summed E-state index contributed by atoms with van der Waals surface area (Å²) in [5.41, 5.74) is 2.83. The summed E-state index contributed by atoms with van der Waals surface area (Å²) >= 11 is 0. The molecule has 0 bridgehead atoms. The van der Waals surface area contributed by atoms with E-state index in [4.69, 9.17) is 9.47 Å². The van der Waals surface area contributed by atoms with Gasteiger partial charge in [0.15, 0.2) is 5.75 Å². The van der Waals surface area contributed by atoms with Crippen molar-refractivity contribution in [1.29, 1.82) is 0 Å². The molecule has 0 saturated carbocycles. The number of morpholine rings is 1. The van der Waals surface area contributed by atoms with Gasteiger partial charge < -0.3 is 14.8 Å². The topological polar surface area (TPSA) is 84.9 Å². The fourth-order valence-corrected chi connectivity index (χ4v) is 4.92. The molecule has 7 nitrogen and oxygen atoms in total. The summed E-state index contributed by atoms with van der Waals surface area (Å²) in [7, 11) is -3.74. The number of benzene rings is 3. The van der Waals surface area contributed by atoms with Crippen LogP contribution in [0.5, 0.6) is 11.5 Å². The van der Waals surface area contributed by atoms with Gasteiger partial charge >= 0.3 is 0 Å². The van der Waals surface area contributed by atoms with Crippen molar-refractivity contribution < 1.29 is 22.7 Å². The Bertz CT molecular complexity index is 1250.